The monoisotopic (exact) mass is 296 g/mol. The van der Waals surface area contributed by atoms with Gasteiger partial charge in [0, 0.05) is 11.4 Å². The summed E-state index contributed by atoms with van der Waals surface area (Å²) in [6.07, 6.45) is 1.67. The molecule has 2 aromatic carbocycles. The van der Waals surface area contributed by atoms with Crippen molar-refractivity contribution >= 4 is 47.8 Å². The summed E-state index contributed by atoms with van der Waals surface area (Å²) in [5.41, 5.74) is 3.69. The van der Waals surface area contributed by atoms with Crippen molar-refractivity contribution in [1.29, 1.82) is 0 Å². The van der Waals surface area contributed by atoms with Crippen molar-refractivity contribution in [3.63, 3.8) is 0 Å². The summed E-state index contributed by atoms with van der Waals surface area (Å²) in [6, 6.07) is 13.4. The smallest absolute Gasteiger partial charge is 0.322 e. The minimum Gasteiger partial charge on any atom is -0.568 e. The lowest BCUT2D eigenvalue weighted by Crippen LogP contribution is -2.18. The first kappa shape index (κ1) is 13.4. The second-order valence-electron chi connectivity index (χ2n) is 4.44. The predicted octanol–water partition coefficient (Wildman–Crippen LogP) is 2.30. The third-order valence-electron chi connectivity index (χ3n) is 3.03. The van der Waals surface area contributed by atoms with Crippen LogP contribution in [0.2, 0.25) is 0 Å². The Morgan fingerprint density at radius 1 is 1.10 bits per heavy atom. The molecule has 0 aliphatic carbocycles. The minimum absolute atomic E-state index is 0.527. The Morgan fingerprint density at radius 2 is 1.81 bits per heavy atom. The number of aromatic amines is 1. The van der Waals surface area contributed by atoms with Gasteiger partial charge in [0.2, 0.25) is 0 Å². The van der Waals surface area contributed by atoms with Gasteiger partial charge < -0.3 is 20.3 Å². The van der Waals surface area contributed by atoms with Gasteiger partial charge >= 0.3 is 8.05 Å². The van der Waals surface area contributed by atoms with Gasteiger partial charge in [-0.15, -0.1) is 0 Å². The van der Waals surface area contributed by atoms with E-state index in [1.54, 1.807) is 14.4 Å². The van der Waals surface area contributed by atoms with Crippen molar-refractivity contribution in [2.45, 2.75) is 0 Å². The lowest BCUT2D eigenvalue weighted by Gasteiger charge is -2.11. The maximum atomic E-state index is 5.30. The van der Waals surface area contributed by atoms with Gasteiger partial charge in [0.15, 0.2) is 5.11 Å². The molecule has 3 rings (SSSR count). The molecular formula is C14H13BN4OS. The van der Waals surface area contributed by atoms with E-state index in [0.29, 0.717) is 5.11 Å². The molecule has 0 fully saturated rings. The molecule has 1 heterocycles. The molecule has 0 aliphatic rings. The normalized spacial score (nSPS) is 10.3. The maximum absolute atomic E-state index is 5.30. The second-order valence-corrected chi connectivity index (χ2v) is 4.85. The standard InChI is InChI=1S/C14H13BN4OS/c15-20-11-4-1-9(2-5-11)18-14(21)19-10-3-6-12-13(7-10)17-8-16-12/h1-8H,15H2,(H,16,17)(H2,18,19,21). The van der Waals surface area contributed by atoms with Crippen molar-refractivity contribution < 1.29 is 4.65 Å². The van der Waals surface area contributed by atoms with E-state index in [1.165, 1.54) is 0 Å². The van der Waals surface area contributed by atoms with Crippen LogP contribution in [-0.2, 0) is 0 Å². The highest BCUT2D eigenvalue weighted by molar-refractivity contribution is 7.80. The number of rotatable bonds is 3. The first-order chi connectivity index (χ1) is 10.2. The van der Waals surface area contributed by atoms with Crippen LogP contribution in [0.5, 0.6) is 5.75 Å². The highest BCUT2D eigenvalue weighted by Gasteiger charge is 2.02. The number of hydrogen-bond acceptors (Lipinski definition) is 3. The van der Waals surface area contributed by atoms with Crippen LogP contribution in [0, 0.1) is 0 Å². The predicted molar refractivity (Wildman–Crippen MR) is 91.6 cm³/mol. The maximum Gasteiger partial charge on any atom is 0.322 e. The summed E-state index contributed by atoms with van der Waals surface area (Å²) in [5, 5.41) is 6.79. The van der Waals surface area contributed by atoms with Crippen molar-refractivity contribution in [3.05, 3.63) is 48.8 Å². The van der Waals surface area contributed by atoms with Gasteiger partial charge in [-0.05, 0) is 54.7 Å². The van der Waals surface area contributed by atoms with E-state index in [-0.39, 0.29) is 0 Å². The first-order valence-corrected chi connectivity index (χ1v) is 6.80. The summed E-state index contributed by atoms with van der Waals surface area (Å²) in [4.78, 5) is 7.25. The van der Waals surface area contributed by atoms with Gasteiger partial charge in [0.25, 0.3) is 0 Å². The SMILES string of the molecule is BOc1ccc(NC(=S)Nc2ccc3nc[nH]c3c2)cc1. The minimum atomic E-state index is 0.527. The Kier molecular flexibility index (Phi) is 3.74. The van der Waals surface area contributed by atoms with E-state index in [4.69, 9.17) is 16.9 Å². The number of nitrogens with one attached hydrogen (secondary N) is 3. The molecule has 3 aromatic rings. The fraction of sp³-hybridized carbons (Fsp3) is 0. The topological polar surface area (TPSA) is 62.0 Å². The number of nitrogens with zero attached hydrogens (tertiary/aromatic N) is 1. The first-order valence-electron chi connectivity index (χ1n) is 6.40. The van der Waals surface area contributed by atoms with Crippen molar-refractivity contribution in [2.75, 3.05) is 10.6 Å². The number of benzene rings is 2. The average molecular weight is 296 g/mol. The van der Waals surface area contributed by atoms with Gasteiger partial charge in [-0.1, -0.05) is 0 Å². The number of aromatic nitrogens is 2. The van der Waals surface area contributed by atoms with Crippen LogP contribution in [0.1, 0.15) is 0 Å². The third-order valence-corrected chi connectivity index (χ3v) is 3.23. The van der Waals surface area contributed by atoms with Crippen molar-refractivity contribution in [3.8, 4) is 5.75 Å². The molecule has 104 valence electrons. The molecule has 21 heavy (non-hydrogen) atoms. The summed E-state index contributed by atoms with van der Waals surface area (Å²) < 4.78 is 5.12. The molecule has 3 N–H and O–H groups in total. The van der Waals surface area contributed by atoms with E-state index in [2.05, 4.69) is 20.6 Å². The zero-order valence-electron chi connectivity index (χ0n) is 11.4. The van der Waals surface area contributed by atoms with Crippen LogP contribution < -0.4 is 15.3 Å². The molecular weight excluding hydrogens is 283 g/mol. The van der Waals surface area contributed by atoms with E-state index in [9.17, 15) is 0 Å². The highest BCUT2D eigenvalue weighted by Crippen LogP contribution is 2.17. The number of H-pyrrole nitrogens is 1. The van der Waals surface area contributed by atoms with Crippen LogP contribution in [-0.4, -0.2) is 23.1 Å². The molecule has 0 bridgehead atoms. The number of fused-ring (bicyclic) bond motifs is 1. The van der Waals surface area contributed by atoms with E-state index < -0.39 is 0 Å². The molecule has 1 aromatic heterocycles. The molecule has 0 saturated carbocycles. The Labute approximate surface area is 128 Å². The molecule has 0 amide bonds. The molecule has 0 radical (unpaired) electrons. The van der Waals surface area contributed by atoms with E-state index in [1.807, 2.05) is 42.5 Å². The largest absolute Gasteiger partial charge is 0.568 e. The fourth-order valence-corrected chi connectivity index (χ4v) is 2.22. The summed E-state index contributed by atoms with van der Waals surface area (Å²) in [7, 11) is 1.64. The van der Waals surface area contributed by atoms with Crippen LogP contribution in [0.3, 0.4) is 0 Å². The third kappa shape index (κ3) is 3.14. The molecule has 0 spiro atoms. The second kappa shape index (κ2) is 5.84. The zero-order valence-corrected chi connectivity index (χ0v) is 12.2. The van der Waals surface area contributed by atoms with Gasteiger partial charge in [-0.2, -0.15) is 0 Å². The summed E-state index contributed by atoms with van der Waals surface area (Å²) in [6.45, 7) is 0. The van der Waals surface area contributed by atoms with E-state index in [0.717, 1.165) is 28.2 Å². The van der Waals surface area contributed by atoms with E-state index >= 15 is 0 Å². The molecule has 0 aliphatic heterocycles. The summed E-state index contributed by atoms with van der Waals surface area (Å²) in [5.74, 6) is 0.809. The van der Waals surface area contributed by atoms with Crippen LogP contribution >= 0.6 is 12.2 Å². The van der Waals surface area contributed by atoms with Crippen molar-refractivity contribution in [2.24, 2.45) is 0 Å². The molecule has 0 saturated heterocycles. The van der Waals surface area contributed by atoms with Crippen LogP contribution in [0.4, 0.5) is 11.4 Å². The average Bonchev–Trinajstić information content (AvgIpc) is 2.95. The highest BCUT2D eigenvalue weighted by atomic mass is 32.1. The number of thiocarbonyl (C=S) groups is 1. The van der Waals surface area contributed by atoms with Crippen LogP contribution in [0.25, 0.3) is 11.0 Å². The molecule has 7 heteroatoms. The number of imidazole rings is 1. The lowest BCUT2D eigenvalue weighted by molar-refractivity contribution is 0.616. The van der Waals surface area contributed by atoms with Gasteiger partial charge in [0.1, 0.15) is 0 Å². The molecule has 5 nitrogen and oxygen atoms in total. The van der Waals surface area contributed by atoms with Crippen molar-refractivity contribution in [1.82, 2.24) is 9.97 Å². The number of hydrogen-bond donors (Lipinski definition) is 3. The van der Waals surface area contributed by atoms with Gasteiger partial charge in [0.05, 0.1) is 23.1 Å². The Hall–Kier alpha value is -2.54. The van der Waals surface area contributed by atoms with Crippen LogP contribution in [0.15, 0.2) is 48.8 Å². The zero-order chi connectivity index (χ0) is 14.7. The Morgan fingerprint density at radius 3 is 2.57 bits per heavy atom. The summed E-state index contributed by atoms with van der Waals surface area (Å²) >= 11 is 5.30. The fourth-order valence-electron chi connectivity index (χ4n) is 1.98. The quantitative estimate of drug-likeness (QED) is 0.511. The molecule has 0 unspecified atom stereocenters. The number of anilines is 2. The Bertz CT molecular complexity index is 772. The van der Waals surface area contributed by atoms with Gasteiger partial charge in [-0.25, -0.2) is 4.98 Å². The van der Waals surface area contributed by atoms with Gasteiger partial charge in [-0.3, -0.25) is 0 Å². The Balaban J connectivity index is 1.67. The molecule has 0 atom stereocenters. The lowest BCUT2D eigenvalue weighted by atomic mass is 10.3.